The average Bonchev–Trinajstić information content (AvgIpc) is 2.75. The van der Waals surface area contributed by atoms with E-state index in [2.05, 4.69) is 25.8 Å². The molecule has 7 nitrogen and oxygen atoms in total. The van der Waals surface area contributed by atoms with Crippen molar-refractivity contribution in [1.82, 2.24) is 25.8 Å². The maximum absolute atomic E-state index is 5.74. The molecule has 2 aromatic rings. The molecule has 0 fully saturated rings. The number of nitrogens with zero attached hydrogens (tertiary/aromatic N) is 3. The van der Waals surface area contributed by atoms with Gasteiger partial charge < -0.3 is 5.73 Å². The van der Waals surface area contributed by atoms with E-state index < -0.39 is 0 Å². The van der Waals surface area contributed by atoms with Crippen LogP contribution in [0.4, 0.5) is 5.82 Å². The quantitative estimate of drug-likeness (QED) is 0.390. The van der Waals surface area contributed by atoms with E-state index in [4.69, 9.17) is 11.6 Å². The van der Waals surface area contributed by atoms with Crippen molar-refractivity contribution < 1.29 is 0 Å². The molecule has 2 rings (SSSR count). The van der Waals surface area contributed by atoms with Crippen LogP contribution in [-0.4, -0.2) is 20.4 Å². The summed E-state index contributed by atoms with van der Waals surface area (Å²) in [6.45, 7) is 0. The molecule has 0 bridgehead atoms. The minimum absolute atomic E-state index is 0.308. The van der Waals surface area contributed by atoms with Crippen LogP contribution >= 0.6 is 0 Å². The summed E-state index contributed by atoms with van der Waals surface area (Å²) in [5.41, 5.74) is 9.79. The Morgan fingerprint density at radius 1 is 1.47 bits per heavy atom. The molecular formula is C8H11N7. The highest BCUT2D eigenvalue weighted by Crippen LogP contribution is 2.21. The van der Waals surface area contributed by atoms with Crippen LogP contribution in [-0.2, 0) is 0 Å². The molecule has 0 aromatic carbocycles. The molecule has 0 saturated carbocycles. The lowest BCUT2D eigenvalue weighted by atomic mass is 10.1. The van der Waals surface area contributed by atoms with E-state index in [0.717, 1.165) is 5.56 Å². The zero-order valence-electron chi connectivity index (χ0n) is 7.88. The van der Waals surface area contributed by atoms with Gasteiger partial charge in [-0.3, -0.25) is 5.84 Å². The smallest absolute Gasteiger partial charge is 0.128 e. The Kier molecular flexibility index (Phi) is 2.57. The molecule has 0 spiro atoms. The number of aromatic amines is 1. The first-order valence-electron chi connectivity index (χ1n) is 4.35. The summed E-state index contributed by atoms with van der Waals surface area (Å²) in [7, 11) is 0. The van der Waals surface area contributed by atoms with Crippen molar-refractivity contribution in [2.75, 3.05) is 5.73 Å². The van der Waals surface area contributed by atoms with Crippen LogP contribution in [0.1, 0.15) is 17.3 Å². The Balaban J connectivity index is 2.40. The molecule has 0 aliphatic rings. The number of pyridine rings is 1. The van der Waals surface area contributed by atoms with Crippen LogP contribution < -0.4 is 17.0 Å². The van der Waals surface area contributed by atoms with Crippen molar-refractivity contribution >= 4 is 5.82 Å². The second kappa shape index (κ2) is 4.03. The van der Waals surface area contributed by atoms with Crippen molar-refractivity contribution in [1.29, 1.82) is 0 Å². The minimum atomic E-state index is -0.308. The molecule has 7 heteroatoms. The van der Waals surface area contributed by atoms with Crippen LogP contribution in [0.5, 0.6) is 0 Å². The molecule has 2 aromatic heterocycles. The van der Waals surface area contributed by atoms with Gasteiger partial charge in [-0.25, -0.2) is 10.4 Å². The van der Waals surface area contributed by atoms with E-state index in [1.54, 1.807) is 18.5 Å². The van der Waals surface area contributed by atoms with Crippen molar-refractivity contribution in [3.63, 3.8) is 0 Å². The Morgan fingerprint density at radius 3 is 2.93 bits per heavy atom. The summed E-state index contributed by atoms with van der Waals surface area (Å²) in [6.07, 6.45) is 3.20. The largest absolute Gasteiger partial charge is 0.383 e. The lowest BCUT2D eigenvalue weighted by molar-refractivity contribution is 0.618. The van der Waals surface area contributed by atoms with E-state index in [1.807, 2.05) is 6.07 Å². The minimum Gasteiger partial charge on any atom is -0.383 e. The maximum Gasteiger partial charge on any atom is 0.128 e. The van der Waals surface area contributed by atoms with Gasteiger partial charge >= 0.3 is 0 Å². The third-order valence-corrected chi connectivity index (χ3v) is 2.08. The molecule has 0 radical (unpaired) electrons. The fraction of sp³-hybridized carbons (Fsp3) is 0.125. The summed E-state index contributed by atoms with van der Waals surface area (Å²) in [6, 6.07) is 3.31. The lowest BCUT2D eigenvalue weighted by Crippen LogP contribution is -2.29. The highest BCUT2D eigenvalue weighted by Gasteiger charge is 2.17. The van der Waals surface area contributed by atoms with E-state index in [-0.39, 0.29) is 6.04 Å². The van der Waals surface area contributed by atoms with Gasteiger partial charge in [-0.2, -0.15) is 15.4 Å². The predicted octanol–water partition coefficient (Wildman–Crippen LogP) is -0.665. The summed E-state index contributed by atoms with van der Waals surface area (Å²) < 4.78 is 0. The summed E-state index contributed by atoms with van der Waals surface area (Å²) in [5.74, 6) is 5.87. The van der Waals surface area contributed by atoms with E-state index in [9.17, 15) is 0 Å². The zero-order valence-corrected chi connectivity index (χ0v) is 7.88. The second-order valence-electron chi connectivity index (χ2n) is 2.97. The van der Waals surface area contributed by atoms with E-state index in [0.29, 0.717) is 11.5 Å². The molecule has 6 N–H and O–H groups in total. The maximum atomic E-state index is 5.74. The molecule has 0 amide bonds. The number of nitrogens with two attached hydrogens (primary N) is 2. The number of hydrogen-bond acceptors (Lipinski definition) is 6. The number of rotatable bonds is 3. The molecule has 0 aliphatic carbocycles. The molecule has 78 valence electrons. The number of nitrogen functional groups attached to an aromatic ring is 1. The van der Waals surface area contributed by atoms with Gasteiger partial charge in [0.15, 0.2) is 0 Å². The van der Waals surface area contributed by atoms with Gasteiger partial charge in [0.05, 0.1) is 12.2 Å². The predicted molar refractivity (Wildman–Crippen MR) is 54.2 cm³/mol. The van der Waals surface area contributed by atoms with Crippen LogP contribution in [0.3, 0.4) is 0 Å². The Labute approximate surface area is 85.9 Å². The summed E-state index contributed by atoms with van der Waals surface area (Å²) >= 11 is 0. The van der Waals surface area contributed by atoms with E-state index in [1.165, 1.54) is 0 Å². The van der Waals surface area contributed by atoms with Gasteiger partial charge in [-0.05, 0) is 6.07 Å². The third kappa shape index (κ3) is 1.78. The number of nitrogens with one attached hydrogen (secondary N) is 2. The molecule has 0 aliphatic heterocycles. The Morgan fingerprint density at radius 2 is 2.33 bits per heavy atom. The summed E-state index contributed by atoms with van der Waals surface area (Å²) in [5, 5.41) is 10.2. The second-order valence-corrected chi connectivity index (χ2v) is 2.97. The van der Waals surface area contributed by atoms with Gasteiger partial charge in [0.25, 0.3) is 0 Å². The standard InChI is InChI=1S/C8H11N7/c9-8-5(2-1-3-11-8)7(13-10)6-4-12-15-14-6/h1-4,7,13H,10H2,(H2,9,11)(H,12,14,15). The SMILES string of the molecule is NNC(c1cn[nH]n1)c1cccnc1N. The van der Waals surface area contributed by atoms with E-state index >= 15 is 0 Å². The van der Waals surface area contributed by atoms with Crippen LogP contribution in [0.25, 0.3) is 0 Å². The molecule has 1 atom stereocenters. The molecular weight excluding hydrogens is 194 g/mol. The lowest BCUT2D eigenvalue weighted by Gasteiger charge is -2.14. The Hall–Kier alpha value is -1.99. The number of aromatic nitrogens is 4. The van der Waals surface area contributed by atoms with Gasteiger partial charge in [0.1, 0.15) is 11.5 Å². The zero-order chi connectivity index (χ0) is 10.7. The number of hydrogen-bond donors (Lipinski definition) is 4. The van der Waals surface area contributed by atoms with Gasteiger partial charge in [-0.15, -0.1) is 0 Å². The highest BCUT2D eigenvalue weighted by molar-refractivity contribution is 5.43. The molecule has 0 saturated heterocycles. The fourth-order valence-corrected chi connectivity index (χ4v) is 1.36. The normalized spacial score (nSPS) is 12.6. The average molecular weight is 205 g/mol. The highest BCUT2D eigenvalue weighted by atomic mass is 15.3. The van der Waals surface area contributed by atoms with Crippen LogP contribution in [0.15, 0.2) is 24.5 Å². The van der Waals surface area contributed by atoms with Crippen molar-refractivity contribution in [2.45, 2.75) is 6.04 Å². The van der Waals surface area contributed by atoms with Gasteiger partial charge in [0, 0.05) is 11.8 Å². The number of H-pyrrole nitrogens is 1. The van der Waals surface area contributed by atoms with Gasteiger partial charge in [-0.1, -0.05) is 6.07 Å². The number of hydrazine groups is 1. The van der Waals surface area contributed by atoms with Crippen LogP contribution in [0, 0.1) is 0 Å². The van der Waals surface area contributed by atoms with Crippen LogP contribution in [0.2, 0.25) is 0 Å². The third-order valence-electron chi connectivity index (χ3n) is 2.08. The van der Waals surface area contributed by atoms with Crippen molar-refractivity contribution in [3.8, 4) is 0 Å². The fourth-order valence-electron chi connectivity index (χ4n) is 1.36. The molecule has 15 heavy (non-hydrogen) atoms. The first-order chi connectivity index (χ1) is 7.33. The molecule has 1 unspecified atom stereocenters. The topological polar surface area (TPSA) is 119 Å². The molecule has 2 heterocycles. The first-order valence-corrected chi connectivity index (χ1v) is 4.35. The summed E-state index contributed by atoms with van der Waals surface area (Å²) in [4.78, 5) is 3.98. The first kappa shape index (κ1) is 9.56. The van der Waals surface area contributed by atoms with Crippen molar-refractivity contribution in [3.05, 3.63) is 35.8 Å². The van der Waals surface area contributed by atoms with Crippen molar-refractivity contribution in [2.24, 2.45) is 5.84 Å². The monoisotopic (exact) mass is 205 g/mol. The number of anilines is 1. The Bertz CT molecular complexity index is 424. The van der Waals surface area contributed by atoms with Gasteiger partial charge in [0.2, 0.25) is 0 Å².